The molecule has 0 aliphatic carbocycles. The number of rotatable bonds is 0. The monoisotopic (exact) mass is 214 g/mol. The van der Waals surface area contributed by atoms with Crippen LogP contribution in [0.4, 0.5) is 0 Å². The van der Waals surface area contributed by atoms with Gasteiger partial charge in [-0.15, -0.1) is 0 Å². The molecule has 0 aliphatic heterocycles. The maximum Gasteiger partial charge on any atom is 1.00 e. The van der Waals surface area contributed by atoms with Gasteiger partial charge in [0.15, 0.2) is 0 Å². The van der Waals surface area contributed by atoms with E-state index in [-0.39, 0.29) is 110 Å². The van der Waals surface area contributed by atoms with Gasteiger partial charge in [-0.1, -0.05) is 0 Å². The molecular formula is HKNa2O3Se. The fraction of sp³-hybridized carbons (Fsp3) is 0. The zero-order chi connectivity index (χ0) is 3.58. The second-order valence-electron chi connectivity index (χ2n) is 0.204. The predicted octanol–water partition coefficient (Wildman–Crippen LogP) is -9.52. The van der Waals surface area contributed by atoms with E-state index in [1.54, 1.807) is 0 Å². The zero-order valence-electron chi connectivity index (χ0n) is 3.63. The Morgan fingerprint density at radius 3 is 1.14 bits per heavy atom. The van der Waals surface area contributed by atoms with Crippen LogP contribution in [0, 0.1) is 0 Å². The van der Waals surface area contributed by atoms with Gasteiger partial charge in [-0.25, -0.2) is 0 Å². The first-order valence-corrected chi connectivity index (χ1v) is 2.60. The minimum atomic E-state index is -3.79. The summed E-state index contributed by atoms with van der Waals surface area (Å²) in [6.45, 7) is 0. The molecule has 0 fully saturated rings. The summed E-state index contributed by atoms with van der Waals surface area (Å²) in [7, 11) is 0. The smallest absolute Gasteiger partial charge is 1.00 e. The van der Waals surface area contributed by atoms with Crippen molar-refractivity contribution < 1.29 is 71.3 Å². The van der Waals surface area contributed by atoms with Gasteiger partial charge in [-0.05, 0) is 0 Å². The van der Waals surface area contributed by atoms with Crippen LogP contribution in [0.2, 0.25) is 0 Å². The van der Waals surface area contributed by atoms with Crippen molar-refractivity contribution in [3.63, 3.8) is 0 Å². The average Bonchev–Trinajstić information content (AvgIpc) is 0.811. The van der Waals surface area contributed by atoms with Crippen molar-refractivity contribution in [3.8, 4) is 0 Å². The summed E-state index contributed by atoms with van der Waals surface area (Å²) in [5.41, 5.74) is 0. The molecule has 0 saturated carbocycles. The van der Waals surface area contributed by atoms with Crippen LogP contribution in [0.3, 0.4) is 0 Å². The molecule has 0 N–H and O–H groups in total. The van der Waals surface area contributed by atoms with Crippen LogP contribution in [0.5, 0.6) is 0 Å². The van der Waals surface area contributed by atoms with Gasteiger partial charge in [-0.3, -0.25) is 0 Å². The Bertz CT molecular complexity index is 35.9. The summed E-state index contributed by atoms with van der Waals surface area (Å²) in [5, 5.41) is 0. The summed E-state index contributed by atoms with van der Waals surface area (Å²) in [5.74, 6) is 0. The van der Waals surface area contributed by atoms with Gasteiger partial charge >= 0.3 is 137 Å². The van der Waals surface area contributed by atoms with Crippen LogP contribution in [0.15, 0.2) is 0 Å². The average molecular weight is 213 g/mol. The molecule has 0 aromatic carbocycles. The Morgan fingerprint density at radius 2 is 1.14 bits per heavy atom. The van der Waals surface area contributed by atoms with E-state index in [0.29, 0.717) is 0 Å². The molecule has 0 unspecified atom stereocenters. The molecule has 0 aliphatic rings. The molecule has 0 aromatic rings. The Kier molecular flexibility index (Phi) is 52.7. The minimum absolute atomic E-state index is 0. The Labute approximate surface area is 133 Å². The molecule has 3 nitrogen and oxygen atoms in total. The van der Waals surface area contributed by atoms with E-state index in [9.17, 15) is 0 Å². The van der Waals surface area contributed by atoms with Gasteiger partial charge < -0.3 is 0 Å². The second-order valence-corrected chi connectivity index (χ2v) is 1.06. The second kappa shape index (κ2) is 16.5. The Morgan fingerprint density at radius 1 is 1.14 bits per heavy atom. The maximum atomic E-state index is 8.54. The van der Waals surface area contributed by atoms with Crippen molar-refractivity contribution in [1.82, 2.24) is 0 Å². The third kappa shape index (κ3) is 40.8. The van der Waals surface area contributed by atoms with Gasteiger partial charge in [0.2, 0.25) is 0 Å². The van der Waals surface area contributed by atoms with Gasteiger partial charge in [0.05, 0.1) is 0 Å². The van der Waals surface area contributed by atoms with Gasteiger partial charge in [0.25, 0.3) is 0 Å². The summed E-state index contributed by atoms with van der Waals surface area (Å²) in [6, 6.07) is 0. The van der Waals surface area contributed by atoms with Crippen LogP contribution < -0.4 is 67.5 Å². The van der Waals surface area contributed by atoms with Crippen molar-refractivity contribution in [2.45, 2.75) is 0 Å². The number of hydrogen-bond acceptors (Lipinski definition) is 3. The van der Waals surface area contributed by atoms with E-state index in [2.05, 4.69) is 0 Å². The fourth-order valence-corrected chi connectivity index (χ4v) is 0. The molecule has 7 heavy (non-hydrogen) atoms. The Balaban J connectivity index is -0.0000000150. The van der Waals surface area contributed by atoms with Crippen molar-refractivity contribution in [2.75, 3.05) is 0 Å². The quantitative estimate of drug-likeness (QED) is 0.375. The first-order valence-electron chi connectivity index (χ1n) is 0.500. The molecule has 0 radical (unpaired) electrons. The number of hydrogen-bond donors (Lipinski definition) is 0. The van der Waals surface area contributed by atoms with E-state index in [4.69, 9.17) is 12.2 Å². The first-order chi connectivity index (χ1) is 1.73. The van der Waals surface area contributed by atoms with E-state index in [1.165, 1.54) is 0 Å². The third-order valence-electron chi connectivity index (χ3n) is 0. The van der Waals surface area contributed by atoms with Crippen molar-refractivity contribution in [2.24, 2.45) is 0 Å². The van der Waals surface area contributed by atoms with E-state index in [0.717, 1.165) is 0 Å². The third-order valence-corrected chi connectivity index (χ3v) is 0. The minimum Gasteiger partial charge on any atom is 1.00 e. The molecular weight excluding hydrogens is 212 g/mol. The summed E-state index contributed by atoms with van der Waals surface area (Å²) < 4.78 is 25.6. The van der Waals surface area contributed by atoms with Gasteiger partial charge in [0, 0.05) is 0 Å². The molecule has 0 amide bonds. The molecule has 0 bridgehead atoms. The molecule has 28 valence electrons. The van der Waals surface area contributed by atoms with E-state index >= 15 is 0 Å². The summed E-state index contributed by atoms with van der Waals surface area (Å²) in [6.07, 6.45) is 0. The van der Waals surface area contributed by atoms with Crippen LogP contribution in [-0.4, -0.2) is 65.9 Å². The normalized spacial score (nSPS) is 5.00. The van der Waals surface area contributed by atoms with Crippen LogP contribution in [-0.2, 0) is 3.83 Å². The Hall–Kier alpha value is 3.88. The molecule has 0 heterocycles. The topological polar surface area (TPSA) is 63.2 Å². The van der Waals surface area contributed by atoms with Gasteiger partial charge in [0.1, 0.15) is 0 Å². The van der Waals surface area contributed by atoms with Crippen molar-refractivity contribution in [1.29, 1.82) is 0 Å². The molecule has 0 atom stereocenters. The fourth-order valence-electron chi connectivity index (χ4n) is 0. The van der Waals surface area contributed by atoms with Crippen LogP contribution in [0.25, 0.3) is 0 Å². The molecule has 0 spiro atoms. The van der Waals surface area contributed by atoms with Crippen LogP contribution >= 0.6 is 0 Å². The summed E-state index contributed by atoms with van der Waals surface area (Å²) >= 11 is -3.79. The zero-order valence-corrected chi connectivity index (χ0v) is 9.35. The van der Waals surface area contributed by atoms with Crippen LogP contribution in [0.1, 0.15) is 0 Å². The first kappa shape index (κ1) is 22.4. The van der Waals surface area contributed by atoms with Crippen molar-refractivity contribution in [3.05, 3.63) is 0 Å². The summed E-state index contributed by atoms with van der Waals surface area (Å²) in [4.78, 5) is 0. The molecule has 0 aromatic heterocycles. The molecule has 7 heteroatoms. The van der Waals surface area contributed by atoms with Gasteiger partial charge in [-0.2, -0.15) is 0 Å². The molecule has 0 saturated heterocycles. The predicted molar refractivity (Wildman–Crippen MR) is 13.6 cm³/mol. The van der Waals surface area contributed by atoms with E-state index < -0.39 is 14.5 Å². The SMILES string of the molecule is O=[Se]([O-])[O-].[KH].[Na+].[Na+]. The standard InChI is InChI=1S/K.2Na.H2O3Se.H/c;;;1-4(2)3;/h;;;(H2,1,2,3);/q;2*+1;;/p-2. The maximum absolute atomic E-state index is 8.54. The van der Waals surface area contributed by atoms with Crippen molar-refractivity contribution >= 4 is 65.9 Å². The van der Waals surface area contributed by atoms with E-state index in [1.807, 2.05) is 0 Å². The molecule has 0 rings (SSSR count). The largest absolute Gasteiger partial charge is 1.00 e.